The Kier molecular flexibility index (Phi) is 4.06. The van der Waals surface area contributed by atoms with Crippen molar-refractivity contribution in [1.29, 1.82) is 0 Å². The number of fused-ring (bicyclic) bond motifs is 1. The lowest BCUT2D eigenvalue weighted by Crippen LogP contribution is -2.38. The van der Waals surface area contributed by atoms with Gasteiger partial charge in [0, 0.05) is 26.6 Å². The highest BCUT2D eigenvalue weighted by atomic mass is 16.2. The Morgan fingerprint density at radius 3 is 2.79 bits per heavy atom. The Hall–Kier alpha value is -2.21. The molecule has 3 heterocycles. The molecule has 0 bridgehead atoms. The minimum atomic E-state index is 0.109. The monoisotopic (exact) mass is 325 g/mol. The molecule has 1 unspecified atom stereocenters. The van der Waals surface area contributed by atoms with Gasteiger partial charge in [0.2, 0.25) is 5.91 Å². The minimum absolute atomic E-state index is 0.109. The summed E-state index contributed by atoms with van der Waals surface area (Å²) in [5.74, 6) is 2.09. The van der Waals surface area contributed by atoms with Crippen LogP contribution in [-0.2, 0) is 24.4 Å². The van der Waals surface area contributed by atoms with Gasteiger partial charge in [-0.3, -0.25) is 9.69 Å². The lowest BCUT2D eigenvalue weighted by Gasteiger charge is -2.29. The lowest BCUT2D eigenvalue weighted by atomic mass is 10.1. The van der Waals surface area contributed by atoms with Crippen molar-refractivity contribution in [2.45, 2.75) is 45.4 Å². The molecule has 0 N–H and O–H groups in total. The van der Waals surface area contributed by atoms with Gasteiger partial charge in [-0.25, -0.2) is 0 Å². The average molecular weight is 325 g/mol. The number of amides is 1. The third-order valence-corrected chi connectivity index (χ3v) is 5.12. The fourth-order valence-corrected chi connectivity index (χ4v) is 3.82. The maximum absolute atomic E-state index is 11.6. The second-order valence-electron chi connectivity index (χ2n) is 6.68. The second-order valence-corrected chi connectivity index (χ2v) is 6.68. The number of carbonyl (C=O) groups is 1. The predicted molar refractivity (Wildman–Crippen MR) is 89.9 cm³/mol. The molecule has 0 saturated carbocycles. The molecule has 1 fully saturated rings. The molecule has 24 heavy (non-hydrogen) atoms. The first kappa shape index (κ1) is 15.3. The van der Waals surface area contributed by atoms with Gasteiger partial charge >= 0.3 is 0 Å². The van der Waals surface area contributed by atoms with Gasteiger partial charge in [-0.05, 0) is 24.9 Å². The zero-order chi connectivity index (χ0) is 16.5. The first-order valence-corrected chi connectivity index (χ1v) is 8.68. The van der Waals surface area contributed by atoms with Crippen LogP contribution in [-0.4, -0.2) is 43.6 Å². The van der Waals surface area contributed by atoms with E-state index >= 15 is 0 Å². The maximum Gasteiger partial charge on any atom is 0.219 e. The van der Waals surface area contributed by atoms with Gasteiger partial charge in [-0.15, -0.1) is 10.2 Å². The number of hydrogen-bond acceptors (Lipinski definition) is 4. The number of rotatable bonds is 3. The Labute approximate surface area is 142 Å². The molecule has 126 valence electrons. The van der Waals surface area contributed by atoms with E-state index < -0.39 is 0 Å². The van der Waals surface area contributed by atoms with E-state index in [1.807, 2.05) is 4.90 Å². The van der Waals surface area contributed by atoms with Crippen LogP contribution in [0, 0.1) is 0 Å². The fraction of sp³-hybridized carbons (Fsp3) is 0.500. The van der Waals surface area contributed by atoms with Crippen molar-refractivity contribution >= 4 is 5.91 Å². The van der Waals surface area contributed by atoms with Crippen LogP contribution < -0.4 is 0 Å². The SMILES string of the molecule is CC(=O)N1CCn2c(nnc2C2CCCN2Cc2ccccc2)C1. The van der Waals surface area contributed by atoms with Crippen molar-refractivity contribution < 1.29 is 4.79 Å². The summed E-state index contributed by atoms with van der Waals surface area (Å²) in [5, 5.41) is 8.87. The molecule has 0 radical (unpaired) electrons. The van der Waals surface area contributed by atoms with Crippen LogP contribution in [0.25, 0.3) is 0 Å². The van der Waals surface area contributed by atoms with Gasteiger partial charge < -0.3 is 9.47 Å². The summed E-state index contributed by atoms with van der Waals surface area (Å²) in [6.45, 7) is 5.79. The Balaban J connectivity index is 1.54. The zero-order valence-electron chi connectivity index (χ0n) is 14.1. The van der Waals surface area contributed by atoms with Crippen molar-refractivity contribution in [3.63, 3.8) is 0 Å². The first-order valence-electron chi connectivity index (χ1n) is 8.68. The van der Waals surface area contributed by atoms with Gasteiger partial charge in [0.25, 0.3) is 0 Å². The Bertz CT molecular complexity index is 726. The van der Waals surface area contributed by atoms with E-state index in [-0.39, 0.29) is 5.91 Å². The molecule has 6 heteroatoms. The van der Waals surface area contributed by atoms with Crippen LogP contribution in [0.5, 0.6) is 0 Å². The van der Waals surface area contributed by atoms with Gasteiger partial charge in [-0.1, -0.05) is 30.3 Å². The normalized spacial score (nSPS) is 21.0. The number of nitrogens with zero attached hydrogens (tertiary/aromatic N) is 5. The van der Waals surface area contributed by atoms with E-state index in [2.05, 4.69) is 50.0 Å². The van der Waals surface area contributed by atoms with E-state index in [1.165, 1.54) is 12.0 Å². The standard InChI is InChI=1S/C18H23N5O/c1-14(24)21-10-11-23-17(13-21)19-20-18(23)16-8-5-9-22(16)12-15-6-3-2-4-7-15/h2-4,6-7,16H,5,8-13H2,1H3. The molecule has 2 aromatic rings. The Morgan fingerprint density at radius 2 is 2.00 bits per heavy atom. The fourth-order valence-electron chi connectivity index (χ4n) is 3.82. The quantitative estimate of drug-likeness (QED) is 0.866. The van der Waals surface area contributed by atoms with Crippen LogP contribution in [0.2, 0.25) is 0 Å². The molecule has 1 amide bonds. The number of aromatic nitrogens is 3. The summed E-state index contributed by atoms with van der Waals surface area (Å²) < 4.78 is 2.23. The molecular weight excluding hydrogens is 302 g/mol. The summed E-state index contributed by atoms with van der Waals surface area (Å²) in [7, 11) is 0. The molecule has 1 aromatic carbocycles. The van der Waals surface area contributed by atoms with Gasteiger partial charge in [0.1, 0.15) is 0 Å². The lowest BCUT2D eigenvalue weighted by molar-refractivity contribution is -0.130. The van der Waals surface area contributed by atoms with Crippen molar-refractivity contribution in [2.75, 3.05) is 13.1 Å². The van der Waals surface area contributed by atoms with E-state index in [0.29, 0.717) is 12.6 Å². The highest BCUT2D eigenvalue weighted by molar-refractivity contribution is 5.73. The third-order valence-electron chi connectivity index (χ3n) is 5.12. The second kappa shape index (κ2) is 6.36. The highest BCUT2D eigenvalue weighted by Crippen LogP contribution is 2.33. The molecule has 6 nitrogen and oxygen atoms in total. The largest absolute Gasteiger partial charge is 0.334 e. The number of hydrogen-bond donors (Lipinski definition) is 0. The average Bonchev–Trinajstić information content (AvgIpc) is 3.21. The summed E-state index contributed by atoms with van der Waals surface area (Å²) in [5.41, 5.74) is 1.34. The summed E-state index contributed by atoms with van der Waals surface area (Å²) in [6.07, 6.45) is 2.32. The highest BCUT2D eigenvalue weighted by Gasteiger charge is 2.32. The van der Waals surface area contributed by atoms with Crippen LogP contribution in [0.3, 0.4) is 0 Å². The summed E-state index contributed by atoms with van der Waals surface area (Å²) >= 11 is 0. The van der Waals surface area contributed by atoms with Crippen LogP contribution in [0.1, 0.15) is 43.0 Å². The van der Waals surface area contributed by atoms with Crippen molar-refractivity contribution in [3.05, 3.63) is 47.5 Å². The van der Waals surface area contributed by atoms with E-state index in [1.54, 1.807) is 6.92 Å². The molecule has 0 spiro atoms. The molecule has 1 atom stereocenters. The van der Waals surface area contributed by atoms with Crippen molar-refractivity contribution in [2.24, 2.45) is 0 Å². The van der Waals surface area contributed by atoms with E-state index in [9.17, 15) is 4.79 Å². The zero-order valence-corrected chi connectivity index (χ0v) is 14.1. The van der Waals surface area contributed by atoms with Crippen LogP contribution in [0.4, 0.5) is 0 Å². The minimum Gasteiger partial charge on any atom is -0.334 e. The third kappa shape index (κ3) is 2.82. The molecule has 1 saturated heterocycles. The molecule has 2 aliphatic rings. The molecule has 4 rings (SSSR count). The maximum atomic E-state index is 11.6. The van der Waals surface area contributed by atoms with E-state index in [0.717, 1.165) is 44.2 Å². The number of likely N-dealkylation sites (tertiary alicyclic amines) is 1. The first-order chi connectivity index (χ1) is 11.7. The number of benzene rings is 1. The van der Waals surface area contributed by atoms with Crippen molar-refractivity contribution in [3.8, 4) is 0 Å². The topological polar surface area (TPSA) is 54.3 Å². The molecule has 2 aliphatic heterocycles. The molecular formula is C18H23N5O. The van der Waals surface area contributed by atoms with Gasteiger partial charge in [0.05, 0.1) is 12.6 Å². The summed E-state index contributed by atoms with van der Waals surface area (Å²) in [6, 6.07) is 10.9. The van der Waals surface area contributed by atoms with E-state index in [4.69, 9.17) is 0 Å². The van der Waals surface area contributed by atoms with Crippen LogP contribution in [0.15, 0.2) is 30.3 Å². The molecule has 1 aromatic heterocycles. The Morgan fingerprint density at radius 1 is 1.17 bits per heavy atom. The van der Waals surface area contributed by atoms with Gasteiger partial charge in [-0.2, -0.15) is 0 Å². The summed E-state index contributed by atoms with van der Waals surface area (Å²) in [4.78, 5) is 15.9. The van der Waals surface area contributed by atoms with Crippen LogP contribution >= 0.6 is 0 Å². The van der Waals surface area contributed by atoms with Gasteiger partial charge in [0.15, 0.2) is 11.6 Å². The predicted octanol–water partition coefficient (Wildman–Crippen LogP) is 1.98. The number of carbonyl (C=O) groups excluding carboxylic acids is 1. The molecule has 0 aliphatic carbocycles. The smallest absolute Gasteiger partial charge is 0.219 e. The van der Waals surface area contributed by atoms with Crippen molar-refractivity contribution in [1.82, 2.24) is 24.6 Å².